The highest BCUT2D eigenvalue weighted by Gasteiger charge is 2.33. The third-order valence-corrected chi connectivity index (χ3v) is 25.0. The summed E-state index contributed by atoms with van der Waals surface area (Å²) in [5.41, 5.74) is 8.20. The second-order valence-corrected chi connectivity index (χ2v) is 39.1. The number of hydrogen-bond donors (Lipinski definition) is 1. The largest absolute Gasteiger partial charge is 0.247 e. The predicted octanol–water partition coefficient (Wildman–Crippen LogP) is 12.5. The topological polar surface area (TPSA) is 167 Å². The van der Waals surface area contributed by atoms with Crippen LogP contribution in [0.1, 0.15) is 115 Å². The van der Waals surface area contributed by atoms with Gasteiger partial charge in [0.05, 0.1) is 5.75 Å². The number of rotatable bonds is 6. The molecule has 6 aromatic heterocycles. The van der Waals surface area contributed by atoms with Crippen molar-refractivity contribution in [1.29, 1.82) is 0 Å². The molecule has 3 aliphatic rings. The summed E-state index contributed by atoms with van der Waals surface area (Å²) in [6, 6.07) is 12.5. The first kappa shape index (κ1) is 53.2. The molecule has 2 N–H and O–H groups in total. The lowest BCUT2D eigenvalue weighted by Gasteiger charge is -2.34. The number of hydrogen-bond acceptors (Lipinski definition) is 12. The van der Waals surface area contributed by atoms with E-state index in [-0.39, 0.29) is 15.4 Å². The number of nitrogens with zero attached hydrogens (tertiary/aromatic N) is 3. The fourth-order valence-electron chi connectivity index (χ4n) is 9.54. The van der Waals surface area contributed by atoms with Gasteiger partial charge in [0.15, 0.2) is 19.7 Å². The molecule has 0 aliphatic heterocycles. The third kappa shape index (κ3) is 12.7. The fourth-order valence-corrected chi connectivity index (χ4v) is 19.0. The molecule has 10 nitrogen and oxygen atoms in total. The summed E-state index contributed by atoms with van der Waals surface area (Å²) < 4.78 is 72.9. The molecule has 0 radical (unpaired) electrons. The van der Waals surface area contributed by atoms with E-state index < -0.39 is 37.8 Å². The van der Waals surface area contributed by atoms with E-state index in [0.717, 1.165) is 104 Å². The molecule has 3 atom stereocenters. The van der Waals surface area contributed by atoms with Crippen LogP contribution in [0, 0.1) is 34.0 Å². The minimum Gasteiger partial charge on any atom is -0.242 e. The summed E-state index contributed by atoms with van der Waals surface area (Å²) in [6.45, 7) is 27.3. The van der Waals surface area contributed by atoms with Crippen LogP contribution in [-0.4, -0.2) is 60.3 Å². The number of sulfonamides is 1. The summed E-state index contributed by atoms with van der Waals surface area (Å²) in [5, 5.41) is 8.06. The van der Waals surface area contributed by atoms with E-state index in [1.165, 1.54) is 64.2 Å². The van der Waals surface area contributed by atoms with Gasteiger partial charge in [-0.1, -0.05) is 82.0 Å². The highest BCUT2D eigenvalue weighted by atomic mass is 32.3. The number of aromatic nitrogens is 3. The molecule has 3 unspecified atom stereocenters. The van der Waals surface area contributed by atoms with Crippen molar-refractivity contribution in [3.05, 3.63) is 70.2 Å². The Bertz CT molecular complexity index is 3060. The van der Waals surface area contributed by atoms with E-state index >= 15 is 0 Å². The highest BCUT2D eigenvalue weighted by molar-refractivity contribution is 7.93. The van der Waals surface area contributed by atoms with Gasteiger partial charge in [-0.15, -0.1) is 34.0 Å². The van der Waals surface area contributed by atoms with Crippen LogP contribution in [-0.2, 0) is 68.2 Å². The average Bonchev–Trinajstić information content (AvgIpc) is 3.96. The van der Waals surface area contributed by atoms with Crippen molar-refractivity contribution in [2.45, 2.75) is 158 Å². The minimum atomic E-state index is -3.64. The van der Waals surface area contributed by atoms with Crippen molar-refractivity contribution < 1.29 is 25.3 Å². The van der Waals surface area contributed by atoms with Gasteiger partial charge in [0.25, 0.3) is 0 Å². The Hall–Kier alpha value is -2.64. The van der Waals surface area contributed by atoms with Gasteiger partial charge < -0.3 is 0 Å². The molecule has 6 heterocycles. The molecule has 0 aromatic carbocycles. The summed E-state index contributed by atoms with van der Waals surface area (Å²) in [6.07, 6.45) is 10.8. The Morgan fingerprint density at radius 2 is 0.868 bits per heavy atom. The minimum absolute atomic E-state index is 0.194. The number of nitrogens with two attached hydrogens (primary N) is 1. The van der Waals surface area contributed by atoms with E-state index in [2.05, 4.69) is 105 Å². The molecular formula is C51H72N4O6S6Si. The van der Waals surface area contributed by atoms with Crippen LogP contribution in [0.25, 0.3) is 30.6 Å². The van der Waals surface area contributed by atoms with Gasteiger partial charge in [0.2, 0.25) is 10.0 Å². The maximum atomic E-state index is 12.8. The maximum absolute atomic E-state index is 12.8. The lowest BCUT2D eigenvalue weighted by molar-refractivity contribution is 0.215. The smallest absolute Gasteiger partial charge is 0.242 e. The highest BCUT2D eigenvalue weighted by Crippen LogP contribution is 2.42. The third-order valence-electron chi connectivity index (χ3n) is 14.3. The lowest BCUT2D eigenvalue weighted by atomic mass is 9.71. The molecule has 17 heteroatoms. The fraction of sp³-hybridized carbons (Fsp3) is 0.588. The van der Waals surface area contributed by atoms with Gasteiger partial charge in [0.1, 0.15) is 27.1 Å². The molecule has 0 saturated carbocycles. The zero-order valence-corrected chi connectivity index (χ0v) is 48.2. The van der Waals surface area contributed by atoms with Crippen LogP contribution < -0.4 is 5.14 Å². The van der Waals surface area contributed by atoms with Crippen LogP contribution in [0.15, 0.2) is 49.0 Å². The molecule has 0 saturated heterocycles. The normalized spacial score (nSPS) is 19.4. The molecule has 3 aliphatic carbocycles. The molecule has 0 fully saturated rings. The molecular weight excluding hydrogens is 985 g/mol. The van der Waals surface area contributed by atoms with Crippen LogP contribution in [0.3, 0.4) is 0 Å². The van der Waals surface area contributed by atoms with Gasteiger partial charge in [-0.05, 0) is 151 Å². The summed E-state index contributed by atoms with van der Waals surface area (Å²) in [7, 11) is -11.4. The van der Waals surface area contributed by atoms with Crippen molar-refractivity contribution in [2.24, 2.45) is 39.1 Å². The van der Waals surface area contributed by atoms with Crippen molar-refractivity contribution in [1.82, 2.24) is 15.0 Å². The van der Waals surface area contributed by atoms with E-state index in [9.17, 15) is 25.3 Å². The molecule has 6 aromatic rings. The molecule has 68 heavy (non-hydrogen) atoms. The number of pyridine rings is 3. The van der Waals surface area contributed by atoms with Gasteiger partial charge >= 0.3 is 0 Å². The standard InChI is InChI=1S/C20H31NO2S2Si.C16H21NO2S2.C15H20N2O2S2/c1-20(2,3)16-7-8-17-14(12-16)11-15-13-18(24-19(15)21-17)25(22,23)9-10-26(4,5)6;1-16(2,3)12-5-6-13-10(8-12)7-11-9-14(21(4,18)19)20-15(11)17-13;1-15(2,3)11-4-5-12-9(7-11)6-10-8-13(21(16,18)19)20-14(10)17-12/h11,13,16H,7-10,12H2,1-6H3;7,9,12H,5-6,8H2,1-4H3;6,8,11H,4-5,7H2,1-3H3,(H2,16,18,19). The van der Waals surface area contributed by atoms with E-state index in [1.54, 1.807) is 12.1 Å². The number of sulfone groups is 2. The van der Waals surface area contributed by atoms with Crippen molar-refractivity contribution in [3.63, 3.8) is 0 Å². The lowest BCUT2D eigenvalue weighted by Crippen LogP contribution is -2.27. The summed E-state index contributed by atoms with van der Waals surface area (Å²) in [4.78, 5) is 16.7. The monoisotopic (exact) mass is 1060 g/mol. The van der Waals surface area contributed by atoms with Gasteiger partial charge in [0, 0.05) is 47.6 Å². The van der Waals surface area contributed by atoms with Crippen LogP contribution in [0.5, 0.6) is 0 Å². The van der Waals surface area contributed by atoms with Crippen molar-refractivity contribution >= 4 is 102 Å². The van der Waals surface area contributed by atoms with E-state index in [1.807, 2.05) is 6.07 Å². The molecule has 0 spiro atoms. The number of fused-ring (bicyclic) bond motifs is 6. The molecule has 0 bridgehead atoms. The first-order valence-corrected chi connectivity index (χ1v) is 35.1. The second kappa shape index (κ2) is 19.1. The Balaban J connectivity index is 0.000000152. The first-order valence-electron chi connectivity index (χ1n) is 23.9. The van der Waals surface area contributed by atoms with Crippen LogP contribution in [0.4, 0.5) is 0 Å². The molecule has 9 rings (SSSR count). The Labute approximate surface area is 419 Å². The Morgan fingerprint density at radius 3 is 1.19 bits per heavy atom. The first-order chi connectivity index (χ1) is 31.1. The second-order valence-electron chi connectivity index (χ2n) is 24.0. The molecule has 0 amide bonds. The number of primary sulfonamides is 1. The van der Waals surface area contributed by atoms with Gasteiger partial charge in [-0.25, -0.2) is 45.3 Å². The predicted molar refractivity (Wildman–Crippen MR) is 288 cm³/mol. The summed E-state index contributed by atoms with van der Waals surface area (Å²) in [5.74, 6) is 2.23. The van der Waals surface area contributed by atoms with Gasteiger partial charge in [-0.2, -0.15) is 0 Å². The summed E-state index contributed by atoms with van der Waals surface area (Å²) >= 11 is 3.79. The quantitative estimate of drug-likeness (QED) is 0.160. The zero-order valence-electron chi connectivity index (χ0n) is 42.3. The van der Waals surface area contributed by atoms with Crippen molar-refractivity contribution in [2.75, 3.05) is 12.0 Å². The maximum Gasteiger partial charge on any atom is 0.247 e. The van der Waals surface area contributed by atoms with Crippen LogP contribution in [0.2, 0.25) is 25.7 Å². The van der Waals surface area contributed by atoms with Crippen LogP contribution >= 0.6 is 34.0 Å². The average molecular weight is 1060 g/mol. The molecule has 372 valence electrons. The SMILES string of the molecule is CC(C)(C)C1CCc2nc3sc(S(=O)(=O)CC[Si](C)(C)C)cc3cc2C1.CC(C)(C)C1CCc2nc3sc(S(C)(=O)=O)cc3cc2C1.CC(C)(C)C1CCc2nc3sc(S(N)(=O)=O)cc3cc2C1. The van der Waals surface area contributed by atoms with Crippen molar-refractivity contribution in [3.8, 4) is 0 Å². The van der Waals surface area contributed by atoms with E-state index in [0.29, 0.717) is 37.0 Å². The Kier molecular flexibility index (Phi) is 14.9. The van der Waals surface area contributed by atoms with E-state index in [4.69, 9.17) is 15.1 Å². The Morgan fingerprint density at radius 1 is 0.544 bits per heavy atom. The number of aryl methyl sites for hydroxylation is 3. The zero-order chi connectivity index (χ0) is 50.2. The number of thiophene rings is 3. The van der Waals surface area contributed by atoms with Gasteiger partial charge in [-0.3, -0.25) is 0 Å².